The molecule has 4 heteroatoms. The fourth-order valence-electron chi connectivity index (χ4n) is 4.60. The van der Waals surface area contributed by atoms with Gasteiger partial charge in [0.2, 0.25) is 0 Å². The van der Waals surface area contributed by atoms with Gasteiger partial charge in [-0.05, 0) is 32.1 Å². The lowest BCUT2D eigenvalue weighted by molar-refractivity contribution is -0.151. The summed E-state index contributed by atoms with van der Waals surface area (Å²) in [5.41, 5.74) is 0. The van der Waals surface area contributed by atoms with E-state index in [1.165, 1.54) is 115 Å². The van der Waals surface area contributed by atoms with Gasteiger partial charge in [0.05, 0.1) is 12.3 Å². The van der Waals surface area contributed by atoms with Crippen molar-refractivity contribution in [1.82, 2.24) is 0 Å². The van der Waals surface area contributed by atoms with E-state index in [1.54, 1.807) is 0 Å². The highest BCUT2D eigenvalue weighted by Crippen LogP contribution is 2.17. The number of rotatable bonds is 28. The van der Waals surface area contributed by atoms with Crippen molar-refractivity contribution < 1.29 is 19.4 Å². The van der Waals surface area contributed by atoms with E-state index in [0.29, 0.717) is 6.42 Å². The van der Waals surface area contributed by atoms with Gasteiger partial charge in [0.1, 0.15) is 6.61 Å². The highest BCUT2D eigenvalue weighted by Gasteiger charge is 2.21. The SMILES string of the molecule is C=CCOC(=O)CC(CCCCC/C=C/CCCCCCCCCCCCCCCCCC)C(=O)O. The number of hydrogen-bond donors (Lipinski definition) is 1. The maximum atomic E-state index is 11.6. The second-order valence-electron chi connectivity index (χ2n) is 10.4. The third-order valence-electron chi connectivity index (χ3n) is 6.94. The van der Waals surface area contributed by atoms with Gasteiger partial charge in [0, 0.05) is 0 Å². The van der Waals surface area contributed by atoms with E-state index in [-0.39, 0.29) is 13.0 Å². The van der Waals surface area contributed by atoms with Crippen molar-refractivity contribution in [2.45, 2.75) is 155 Å². The number of aliphatic carboxylic acids is 1. The molecule has 1 unspecified atom stereocenters. The normalized spacial score (nSPS) is 12.1. The fourth-order valence-corrected chi connectivity index (χ4v) is 4.60. The molecular weight excluding hydrogens is 448 g/mol. The van der Waals surface area contributed by atoms with E-state index in [4.69, 9.17) is 4.74 Å². The van der Waals surface area contributed by atoms with Crippen molar-refractivity contribution in [3.8, 4) is 0 Å². The second-order valence-corrected chi connectivity index (χ2v) is 10.4. The first-order chi connectivity index (χ1) is 17.6. The smallest absolute Gasteiger partial charge is 0.307 e. The predicted molar refractivity (Wildman–Crippen MR) is 153 cm³/mol. The van der Waals surface area contributed by atoms with Gasteiger partial charge in [-0.1, -0.05) is 141 Å². The Hall–Kier alpha value is -1.58. The number of carbonyl (C=O) groups excluding carboxylic acids is 1. The van der Waals surface area contributed by atoms with E-state index in [0.717, 1.165) is 25.7 Å². The fraction of sp³-hybridized carbons (Fsp3) is 0.812. The molecule has 0 saturated heterocycles. The molecular formula is C32H58O4. The van der Waals surface area contributed by atoms with Crippen LogP contribution in [0.2, 0.25) is 0 Å². The van der Waals surface area contributed by atoms with Crippen molar-refractivity contribution in [1.29, 1.82) is 0 Å². The van der Waals surface area contributed by atoms with Crippen molar-refractivity contribution in [2.75, 3.05) is 6.61 Å². The van der Waals surface area contributed by atoms with Crippen LogP contribution in [0.1, 0.15) is 155 Å². The zero-order valence-electron chi connectivity index (χ0n) is 23.7. The van der Waals surface area contributed by atoms with Crippen molar-refractivity contribution >= 4 is 11.9 Å². The molecule has 210 valence electrons. The first-order valence-corrected chi connectivity index (χ1v) is 15.3. The Morgan fingerprint density at radius 3 is 1.53 bits per heavy atom. The van der Waals surface area contributed by atoms with Gasteiger partial charge in [-0.3, -0.25) is 9.59 Å². The van der Waals surface area contributed by atoms with Gasteiger partial charge < -0.3 is 9.84 Å². The lowest BCUT2D eigenvalue weighted by Gasteiger charge is -2.11. The average Bonchev–Trinajstić information content (AvgIpc) is 2.87. The largest absolute Gasteiger partial charge is 0.481 e. The first kappa shape index (κ1) is 34.4. The van der Waals surface area contributed by atoms with Crippen LogP contribution in [0.25, 0.3) is 0 Å². The van der Waals surface area contributed by atoms with Crippen LogP contribution in [0.3, 0.4) is 0 Å². The molecule has 0 fully saturated rings. The van der Waals surface area contributed by atoms with E-state index in [1.807, 2.05) is 0 Å². The molecule has 0 heterocycles. The Morgan fingerprint density at radius 2 is 1.11 bits per heavy atom. The Balaban J connectivity index is 3.39. The van der Waals surface area contributed by atoms with Crippen LogP contribution in [0.4, 0.5) is 0 Å². The molecule has 36 heavy (non-hydrogen) atoms. The predicted octanol–water partition coefficient (Wildman–Crippen LogP) is 9.96. The Kier molecular flexibility index (Phi) is 26.8. The molecule has 1 N–H and O–H groups in total. The summed E-state index contributed by atoms with van der Waals surface area (Å²) in [4.78, 5) is 22.9. The Bertz CT molecular complexity index is 540. The average molecular weight is 507 g/mol. The lowest BCUT2D eigenvalue weighted by Crippen LogP contribution is -2.19. The summed E-state index contributed by atoms with van der Waals surface area (Å²) >= 11 is 0. The van der Waals surface area contributed by atoms with Crippen LogP contribution >= 0.6 is 0 Å². The van der Waals surface area contributed by atoms with Crippen LogP contribution < -0.4 is 0 Å². The van der Waals surface area contributed by atoms with Crippen LogP contribution in [0.5, 0.6) is 0 Å². The number of carbonyl (C=O) groups is 2. The summed E-state index contributed by atoms with van der Waals surface area (Å²) in [5, 5.41) is 9.29. The minimum Gasteiger partial charge on any atom is -0.481 e. The maximum absolute atomic E-state index is 11.6. The third kappa shape index (κ3) is 25.5. The van der Waals surface area contributed by atoms with Gasteiger partial charge >= 0.3 is 11.9 Å². The topological polar surface area (TPSA) is 63.6 Å². The molecule has 0 spiro atoms. The minimum atomic E-state index is -0.913. The van der Waals surface area contributed by atoms with E-state index < -0.39 is 17.9 Å². The molecule has 0 rings (SSSR count). The van der Waals surface area contributed by atoms with E-state index in [9.17, 15) is 14.7 Å². The molecule has 0 bridgehead atoms. The Morgan fingerprint density at radius 1 is 0.694 bits per heavy atom. The summed E-state index contributed by atoms with van der Waals surface area (Å²) in [7, 11) is 0. The van der Waals surface area contributed by atoms with Crippen LogP contribution in [0.15, 0.2) is 24.8 Å². The zero-order valence-corrected chi connectivity index (χ0v) is 23.7. The standard InChI is InChI=1S/C32H58O4/c1-3-5-6-7-8-9-10-11-12-13-14-15-16-17-18-19-20-21-22-23-24-25-26-27-30(32(34)35)29-31(33)36-28-4-2/h4,21-22,30H,2-3,5-20,23-29H2,1H3,(H,34,35)/b22-21+. The molecule has 0 aromatic rings. The van der Waals surface area contributed by atoms with Crippen LogP contribution in [0, 0.1) is 5.92 Å². The minimum absolute atomic E-state index is 0.0532. The second kappa shape index (κ2) is 28.0. The molecule has 0 aliphatic rings. The number of allylic oxidation sites excluding steroid dienone is 2. The third-order valence-corrected chi connectivity index (χ3v) is 6.94. The molecule has 0 saturated carbocycles. The molecule has 0 amide bonds. The van der Waals surface area contributed by atoms with Gasteiger partial charge in [-0.15, -0.1) is 0 Å². The summed E-state index contributed by atoms with van der Waals surface area (Å²) in [6.45, 7) is 5.90. The summed E-state index contributed by atoms with van der Waals surface area (Å²) in [6.07, 6.45) is 34.2. The van der Waals surface area contributed by atoms with Crippen molar-refractivity contribution in [2.24, 2.45) is 5.92 Å². The molecule has 0 aromatic heterocycles. The number of unbranched alkanes of at least 4 members (excludes halogenated alkanes) is 19. The summed E-state index contributed by atoms with van der Waals surface area (Å²) in [5.74, 6) is -2.02. The van der Waals surface area contributed by atoms with Gasteiger partial charge in [0.15, 0.2) is 0 Å². The molecule has 1 atom stereocenters. The zero-order chi connectivity index (χ0) is 26.5. The van der Waals surface area contributed by atoms with Crippen LogP contribution in [-0.4, -0.2) is 23.7 Å². The number of carboxylic acid groups (broad SMARTS) is 1. The van der Waals surface area contributed by atoms with Crippen molar-refractivity contribution in [3.63, 3.8) is 0 Å². The molecule has 0 aromatic carbocycles. The van der Waals surface area contributed by atoms with Crippen LogP contribution in [-0.2, 0) is 14.3 Å². The quantitative estimate of drug-likeness (QED) is 0.0651. The number of ether oxygens (including phenoxy) is 1. The molecule has 4 nitrogen and oxygen atoms in total. The summed E-state index contributed by atoms with van der Waals surface area (Å²) in [6, 6.07) is 0. The van der Waals surface area contributed by atoms with Gasteiger partial charge in [0.25, 0.3) is 0 Å². The molecule has 0 aliphatic carbocycles. The van der Waals surface area contributed by atoms with E-state index in [2.05, 4.69) is 25.7 Å². The monoisotopic (exact) mass is 506 g/mol. The Labute approximate surface area is 223 Å². The molecule has 0 aliphatic heterocycles. The lowest BCUT2D eigenvalue weighted by atomic mass is 9.97. The van der Waals surface area contributed by atoms with Gasteiger partial charge in [-0.2, -0.15) is 0 Å². The molecule has 0 radical (unpaired) electrons. The van der Waals surface area contributed by atoms with Crippen molar-refractivity contribution in [3.05, 3.63) is 24.8 Å². The number of hydrogen-bond acceptors (Lipinski definition) is 3. The van der Waals surface area contributed by atoms with Gasteiger partial charge in [-0.25, -0.2) is 0 Å². The first-order valence-electron chi connectivity index (χ1n) is 15.3. The number of esters is 1. The highest BCUT2D eigenvalue weighted by atomic mass is 16.5. The number of carboxylic acids is 1. The summed E-state index contributed by atoms with van der Waals surface area (Å²) < 4.78 is 4.90. The van der Waals surface area contributed by atoms with E-state index >= 15 is 0 Å². The highest BCUT2D eigenvalue weighted by molar-refractivity contribution is 5.78. The maximum Gasteiger partial charge on any atom is 0.307 e.